The van der Waals surface area contributed by atoms with Crippen molar-refractivity contribution in [1.29, 1.82) is 0 Å². The van der Waals surface area contributed by atoms with Gasteiger partial charge in [0.2, 0.25) is 0 Å². The third-order valence-corrected chi connectivity index (χ3v) is 13.8. The Labute approximate surface area is 308 Å². The molecule has 4 aliphatic carbocycles. The Balaban J connectivity index is 0.00000520. The molecule has 4 saturated carbocycles. The van der Waals surface area contributed by atoms with Crippen LogP contribution in [-0.2, 0) is 33.4 Å². The van der Waals surface area contributed by atoms with Crippen LogP contribution in [-0.4, -0.2) is 68.7 Å². The van der Waals surface area contributed by atoms with E-state index in [1.165, 1.54) is 0 Å². The second-order valence-electron chi connectivity index (χ2n) is 17.6. The van der Waals surface area contributed by atoms with E-state index in [-0.39, 0.29) is 107 Å². The van der Waals surface area contributed by atoms with Gasteiger partial charge in [0.1, 0.15) is 12.2 Å². The Morgan fingerprint density at radius 1 is 0.750 bits per heavy atom. The number of fused-ring (bicyclic) bond motifs is 5. The molecule has 1 heterocycles. The molecule has 11 atom stereocenters. The van der Waals surface area contributed by atoms with Crippen molar-refractivity contribution in [2.24, 2.45) is 45.8 Å². The van der Waals surface area contributed by atoms with Crippen molar-refractivity contribution >= 4 is 23.9 Å². The van der Waals surface area contributed by atoms with Crippen molar-refractivity contribution < 1.29 is 78.3 Å². The van der Waals surface area contributed by atoms with Gasteiger partial charge in [0.05, 0.1) is 43.0 Å². The van der Waals surface area contributed by atoms with E-state index in [9.17, 15) is 29.4 Å². The van der Waals surface area contributed by atoms with E-state index < -0.39 is 47.6 Å². The monoisotopic (exact) mass is 685 g/mol. The summed E-state index contributed by atoms with van der Waals surface area (Å²) in [5, 5.41) is 30.4. The maximum Gasteiger partial charge on any atom is 1.00 e. The van der Waals surface area contributed by atoms with E-state index in [0.29, 0.717) is 25.7 Å². The van der Waals surface area contributed by atoms with Gasteiger partial charge in [-0.05, 0) is 113 Å². The summed E-state index contributed by atoms with van der Waals surface area (Å²) >= 11 is 0. The standard InChI is InChI=1S/C37H58O10.Na/c1-33(2)16-8-17-37(7,47-33)22-10-9-21-31(22)23(38)19-25-35(5)18-15-26(46-30(44)14-12-28(41)42)34(3,4)32(35)24(20-36(21,25)6)45-29(43)13-11-27(39)40;/h21-26,31-32,38H,8-20H2,1-7H3,(H,39,40)(H,41,42);/q;+1/t21?,22-,23+,24+,25+,26-,31-,32?,35+,36-,37+;/m0./s1. The molecule has 5 aliphatic rings. The predicted molar refractivity (Wildman–Crippen MR) is 172 cm³/mol. The van der Waals surface area contributed by atoms with E-state index >= 15 is 0 Å². The summed E-state index contributed by atoms with van der Waals surface area (Å²) in [7, 11) is 0. The van der Waals surface area contributed by atoms with Crippen molar-refractivity contribution in [1.82, 2.24) is 0 Å². The molecule has 1 aliphatic heterocycles. The van der Waals surface area contributed by atoms with Gasteiger partial charge in [0, 0.05) is 11.3 Å². The number of aliphatic carboxylic acids is 2. The maximum absolute atomic E-state index is 13.2. The second kappa shape index (κ2) is 14.1. The molecule has 1 saturated heterocycles. The molecule has 0 aromatic rings. The number of aliphatic hydroxyl groups is 1. The van der Waals surface area contributed by atoms with Crippen LogP contribution in [0.4, 0.5) is 0 Å². The van der Waals surface area contributed by atoms with Gasteiger partial charge in [-0.15, -0.1) is 0 Å². The van der Waals surface area contributed by atoms with Gasteiger partial charge in [0.15, 0.2) is 0 Å². The molecule has 266 valence electrons. The molecule has 0 aromatic heterocycles. The number of carbonyl (C=O) groups is 4. The Hall–Kier alpha value is -1.20. The normalized spacial score (nSPS) is 42.6. The average Bonchev–Trinajstić information content (AvgIpc) is 3.41. The van der Waals surface area contributed by atoms with Crippen molar-refractivity contribution in [2.45, 2.75) is 161 Å². The third-order valence-electron chi connectivity index (χ3n) is 13.8. The summed E-state index contributed by atoms with van der Waals surface area (Å²) < 4.78 is 19.1. The number of esters is 2. The molecule has 5 fully saturated rings. The van der Waals surface area contributed by atoms with Crippen LogP contribution in [0.2, 0.25) is 0 Å². The largest absolute Gasteiger partial charge is 1.00 e. The summed E-state index contributed by atoms with van der Waals surface area (Å²) in [4.78, 5) is 48.4. The summed E-state index contributed by atoms with van der Waals surface area (Å²) in [6.45, 7) is 15.3. The van der Waals surface area contributed by atoms with E-state index in [4.69, 9.17) is 19.3 Å². The zero-order valence-corrected chi connectivity index (χ0v) is 32.5. The average molecular weight is 686 g/mol. The quantitative estimate of drug-likeness (QED) is 0.243. The Morgan fingerprint density at radius 3 is 1.92 bits per heavy atom. The first-order valence-corrected chi connectivity index (χ1v) is 17.9. The van der Waals surface area contributed by atoms with Crippen LogP contribution in [0.3, 0.4) is 0 Å². The number of hydrogen-bond acceptors (Lipinski definition) is 8. The number of rotatable bonds is 9. The first-order valence-electron chi connectivity index (χ1n) is 17.9. The molecule has 2 unspecified atom stereocenters. The van der Waals surface area contributed by atoms with Crippen molar-refractivity contribution in [3.63, 3.8) is 0 Å². The predicted octanol–water partition coefficient (Wildman–Crippen LogP) is 3.16. The molecule has 0 bridgehead atoms. The van der Waals surface area contributed by atoms with Gasteiger partial charge in [0.25, 0.3) is 0 Å². The molecule has 0 spiro atoms. The molecule has 0 amide bonds. The molecule has 48 heavy (non-hydrogen) atoms. The van der Waals surface area contributed by atoms with Crippen molar-refractivity contribution in [3.8, 4) is 0 Å². The second-order valence-corrected chi connectivity index (χ2v) is 17.6. The fourth-order valence-electron chi connectivity index (χ4n) is 12.2. The Bertz CT molecular complexity index is 1250. The van der Waals surface area contributed by atoms with Gasteiger partial charge in [-0.25, -0.2) is 0 Å². The van der Waals surface area contributed by atoms with Gasteiger partial charge in [-0.1, -0.05) is 27.7 Å². The number of ether oxygens (including phenoxy) is 3. The number of carboxylic acid groups (broad SMARTS) is 2. The van der Waals surface area contributed by atoms with Crippen LogP contribution < -0.4 is 29.6 Å². The van der Waals surface area contributed by atoms with Gasteiger partial charge in [-0.2, -0.15) is 0 Å². The minimum atomic E-state index is -1.06. The Morgan fingerprint density at radius 2 is 1.33 bits per heavy atom. The Kier molecular flexibility index (Phi) is 11.6. The number of carboxylic acids is 2. The minimum Gasteiger partial charge on any atom is -0.481 e. The van der Waals surface area contributed by atoms with Crippen LogP contribution in [0.25, 0.3) is 0 Å². The van der Waals surface area contributed by atoms with E-state index in [0.717, 1.165) is 32.1 Å². The molecule has 5 rings (SSSR count). The molecule has 0 aromatic carbocycles. The zero-order valence-electron chi connectivity index (χ0n) is 30.5. The number of hydrogen-bond donors (Lipinski definition) is 3. The van der Waals surface area contributed by atoms with Crippen LogP contribution >= 0.6 is 0 Å². The van der Waals surface area contributed by atoms with Gasteiger partial charge >= 0.3 is 53.4 Å². The summed E-state index contributed by atoms with van der Waals surface area (Å²) in [6, 6.07) is 0. The van der Waals surface area contributed by atoms with Crippen LogP contribution in [0.15, 0.2) is 0 Å². The van der Waals surface area contributed by atoms with Crippen LogP contribution in [0.1, 0.15) is 132 Å². The summed E-state index contributed by atoms with van der Waals surface area (Å²) in [5.41, 5.74) is -1.78. The summed E-state index contributed by atoms with van der Waals surface area (Å²) in [5.74, 6) is -2.82. The topological polar surface area (TPSA) is 157 Å². The van der Waals surface area contributed by atoms with Crippen LogP contribution in [0.5, 0.6) is 0 Å². The SMILES string of the molecule is CC1(C)CCC[C@](C)([C@H]2CCC3[C@@H]2[C@H](O)C[C@H]2[C@@]3(C)C[C@@H](OC(=O)CCC(=O)O)C3C(C)(C)[C@@H](OC(=O)CCC(=O)O)CC[C@@]32C)O1.[Na+]. The van der Waals surface area contributed by atoms with Crippen molar-refractivity contribution in [3.05, 3.63) is 0 Å². The summed E-state index contributed by atoms with van der Waals surface area (Å²) in [6.07, 6.45) is 4.96. The van der Waals surface area contributed by atoms with E-state index in [1.807, 2.05) is 13.8 Å². The molecular weight excluding hydrogens is 627 g/mol. The fourth-order valence-corrected chi connectivity index (χ4v) is 12.2. The minimum absolute atomic E-state index is 0. The first-order chi connectivity index (χ1) is 21.7. The fraction of sp³-hybridized carbons (Fsp3) is 0.892. The van der Waals surface area contributed by atoms with Crippen molar-refractivity contribution in [2.75, 3.05) is 0 Å². The third kappa shape index (κ3) is 7.26. The molecule has 11 heteroatoms. The van der Waals surface area contributed by atoms with Gasteiger partial charge < -0.3 is 29.5 Å². The first kappa shape index (κ1) is 39.6. The van der Waals surface area contributed by atoms with Crippen LogP contribution in [0, 0.1) is 45.8 Å². The molecule has 10 nitrogen and oxygen atoms in total. The zero-order chi connectivity index (χ0) is 34.7. The molecular formula is C37H58NaO10+. The van der Waals surface area contributed by atoms with Gasteiger partial charge in [-0.3, -0.25) is 19.2 Å². The van der Waals surface area contributed by atoms with E-state index in [2.05, 4.69) is 34.6 Å². The number of carbonyl (C=O) groups excluding carboxylic acids is 2. The molecule has 0 radical (unpaired) electrons. The maximum atomic E-state index is 13.2. The molecule has 3 N–H and O–H groups in total. The smallest absolute Gasteiger partial charge is 0.481 e. The number of aliphatic hydroxyl groups excluding tert-OH is 1. The van der Waals surface area contributed by atoms with E-state index in [1.54, 1.807) is 0 Å².